The largest absolute Gasteiger partial charge is 0.429 e. The number of hydrogen-bond acceptors (Lipinski definition) is 1. The van der Waals surface area contributed by atoms with Crippen LogP contribution in [-0.4, -0.2) is 17.7 Å². The second-order valence-corrected chi connectivity index (χ2v) is 13.0. The summed E-state index contributed by atoms with van der Waals surface area (Å²) in [5.41, 5.74) is 9.85. The molecule has 0 saturated heterocycles. The highest BCUT2D eigenvalue weighted by Gasteiger charge is 2.37. The summed E-state index contributed by atoms with van der Waals surface area (Å²) in [5.74, 6) is 6.50. The molecule has 0 aliphatic heterocycles. The van der Waals surface area contributed by atoms with Gasteiger partial charge in [0.05, 0.1) is 16.6 Å². The number of rotatable bonds is 4. The molecule has 1 heterocycles. The van der Waals surface area contributed by atoms with Crippen molar-refractivity contribution in [2.24, 2.45) is 5.41 Å². The van der Waals surface area contributed by atoms with Crippen molar-refractivity contribution in [3.05, 3.63) is 84.0 Å². The molecule has 3 heteroatoms. The molecule has 2 aliphatic rings. The number of allylic oxidation sites excluding steroid dienone is 4. The van der Waals surface area contributed by atoms with Crippen LogP contribution in [-0.2, 0) is 10.1 Å². The normalized spacial score (nSPS) is 16.2. The van der Waals surface area contributed by atoms with Gasteiger partial charge in [-0.2, -0.15) is 0 Å². The Balaban J connectivity index is 1.63. The minimum Gasteiger partial charge on any atom is -0.429 e. The summed E-state index contributed by atoms with van der Waals surface area (Å²) in [5, 5.41) is 2.57. The van der Waals surface area contributed by atoms with Crippen LogP contribution < -0.4 is 5.46 Å². The van der Waals surface area contributed by atoms with E-state index in [4.69, 9.17) is 4.65 Å². The van der Waals surface area contributed by atoms with E-state index in [1.807, 2.05) is 7.48 Å². The summed E-state index contributed by atoms with van der Waals surface area (Å²) in [7, 11) is 1.94. The number of hydrogen-bond donors (Lipinski definition) is 0. The van der Waals surface area contributed by atoms with Gasteiger partial charge in [-0.3, -0.25) is 0 Å². The van der Waals surface area contributed by atoms with E-state index in [9.17, 15) is 0 Å². The van der Waals surface area contributed by atoms with Crippen LogP contribution in [0, 0.1) is 17.3 Å². The van der Waals surface area contributed by atoms with Crippen LogP contribution in [0.4, 0.5) is 0 Å². The standard InChI is InChI=1S/C36H37BNO/c1-34(2,3)36(6,7)39-37-24-19-21-30-27(23-24)33-31(38(30)25-15-11-9-8-10-12-16-25)22-20-29-32(33)26-17-13-14-18-28(26)35(29,4)5/h11,13-23H,9,12H2,1-7H3. The van der Waals surface area contributed by atoms with Gasteiger partial charge in [0.2, 0.25) is 0 Å². The average molecular weight is 511 g/mol. The van der Waals surface area contributed by atoms with Crippen LogP contribution in [0.5, 0.6) is 0 Å². The third-order valence-electron chi connectivity index (χ3n) is 9.10. The van der Waals surface area contributed by atoms with Gasteiger partial charge >= 0.3 is 7.48 Å². The molecule has 2 nitrogen and oxygen atoms in total. The Bertz CT molecular complexity index is 1740. The van der Waals surface area contributed by atoms with Crippen molar-refractivity contribution in [3.8, 4) is 23.0 Å². The lowest BCUT2D eigenvalue weighted by atomic mass is 9.76. The second-order valence-electron chi connectivity index (χ2n) is 13.0. The zero-order valence-corrected chi connectivity index (χ0v) is 24.3. The quantitative estimate of drug-likeness (QED) is 0.199. The SMILES string of the molecule is CC1(C)c2ccccc2-c2c1ccc1c2c2cc([B]OC(C)(C)C(C)(C)C)ccc2n1C1=CCC#CCC=C1. The lowest BCUT2D eigenvalue weighted by Gasteiger charge is -2.39. The average Bonchev–Trinajstić information content (AvgIpc) is 3.31. The van der Waals surface area contributed by atoms with Crippen molar-refractivity contribution in [1.29, 1.82) is 0 Å². The summed E-state index contributed by atoms with van der Waals surface area (Å²) < 4.78 is 8.83. The van der Waals surface area contributed by atoms with E-state index in [0.29, 0.717) is 0 Å². The van der Waals surface area contributed by atoms with Gasteiger partial charge in [-0.05, 0) is 65.8 Å². The molecule has 0 saturated carbocycles. The van der Waals surface area contributed by atoms with Gasteiger partial charge in [-0.25, -0.2) is 0 Å². The van der Waals surface area contributed by atoms with Crippen molar-refractivity contribution in [2.75, 3.05) is 0 Å². The Morgan fingerprint density at radius 1 is 0.872 bits per heavy atom. The minimum absolute atomic E-state index is 0.0135. The Kier molecular flexibility index (Phi) is 5.98. The topological polar surface area (TPSA) is 14.2 Å². The predicted octanol–water partition coefficient (Wildman–Crippen LogP) is 8.38. The molecule has 195 valence electrons. The zero-order valence-electron chi connectivity index (χ0n) is 24.3. The summed E-state index contributed by atoms with van der Waals surface area (Å²) in [6.45, 7) is 15.7. The molecule has 4 aromatic rings. The summed E-state index contributed by atoms with van der Waals surface area (Å²) in [6, 6.07) is 20.3. The van der Waals surface area contributed by atoms with Crippen molar-refractivity contribution in [1.82, 2.24) is 4.57 Å². The van der Waals surface area contributed by atoms with Gasteiger partial charge in [0.15, 0.2) is 0 Å². The van der Waals surface area contributed by atoms with Crippen LogP contribution >= 0.6 is 0 Å². The van der Waals surface area contributed by atoms with Crippen molar-refractivity contribution in [3.63, 3.8) is 0 Å². The molecule has 0 bridgehead atoms. The molecule has 0 amide bonds. The predicted molar refractivity (Wildman–Crippen MR) is 167 cm³/mol. The first-order valence-electron chi connectivity index (χ1n) is 14.1. The molecule has 39 heavy (non-hydrogen) atoms. The summed E-state index contributed by atoms with van der Waals surface area (Å²) in [4.78, 5) is 0. The van der Waals surface area contributed by atoms with Gasteiger partial charge in [-0.1, -0.05) is 100 Å². The van der Waals surface area contributed by atoms with E-state index >= 15 is 0 Å². The first-order valence-corrected chi connectivity index (χ1v) is 14.1. The molecule has 0 N–H and O–H groups in total. The smallest absolute Gasteiger partial charge is 0.330 e. The first kappa shape index (κ1) is 25.8. The molecular weight excluding hydrogens is 473 g/mol. The number of aromatic nitrogens is 1. The first-order chi connectivity index (χ1) is 18.5. The molecule has 3 aromatic carbocycles. The van der Waals surface area contributed by atoms with Gasteiger partial charge in [-0.15, -0.1) is 0 Å². The van der Waals surface area contributed by atoms with Crippen LogP contribution in [0.2, 0.25) is 0 Å². The lowest BCUT2D eigenvalue weighted by Crippen LogP contribution is -2.42. The summed E-state index contributed by atoms with van der Waals surface area (Å²) in [6.07, 6.45) is 8.19. The molecule has 1 radical (unpaired) electrons. The molecule has 0 atom stereocenters. The Morgan fingerprint density at radius 3 is 2.41 bits per heavy atom. The maximum atomic E-state index is 6.41. The molecule has 6 rings (SSSR count). The monoisotopic (exact) mass is 510 g/mol. The van der Waals surface area contributed by atoms with Gasteiger partial charge in [0.1, 0.15) is 0 Å². The van der Waals surface area contributed by atoms with E-state index in [1.165, 1.54) is 49.8 Å². The van der Waals surface area contributed by atoms with Crippen LogP contribution in [0.3, 0.4) is 0 Å². The molecule has 2 aliphatic carbocycles. The van der Waals surface area contributed by atoms with Gasteiger partial charge in [0, 0.05) is 34.7 Å². The highest BCUT2D eigenvalue weighted by Crippen LogP contribution is 2.53. The maximum absolute atomic E-state index is 6.41. The van der Waals surface area contributed by atoms with Crippen LogP contribution in [0.15, 0.2) is 72.8 Å². The summed E-state index contributed by atoms with van der Waals surface area (Å²) >= 11 is 0. The number of benzene rings is 3. The van der Waals surface area contributed by atoms with E-state index < -0.39 is 0 Å². The van der Waals surface area contributed by atoms with Crippen molar-refractivity contribution < 1.29 is 4.65 Å². The Hall–Kier alpha value is -3.48. The fourth-order valence-corrected chi connectivity index (χ4v) is 5.84. The number of fused-ring (bicyclic) bond motifs is 7. The van der Waals surface area contributed by atoms with Gasteiger partial charge in [0.25, 0.3) is 0 Å². The highest BCUT2D eigenvalue weighted by molar-refractivity contribution is 6.48. The Labute approximate surface area is 234 Å². The van der Waals surface area contributed by atoms with Crippen molar-refractivity contribution in [2.45, 2.75) is 72.3 Å². The third kappa shape index (κ3) is 4.09. The third-order valence-corrected chi connectivity index (χ3v) is 9.10. The van der Waals surface area contributed by atoms with E-state index in [-0.39, 0.29) is 16.4 Å². The van der Waals surface area contributed by atoms with Gasteiger partial charge < -0.3 is 9.22 Å². The molecule has 0 unspecified atom stereocenters. The lowest BCUT2D eigenvalue weighted by molar-refractivity contribution is 0.00504. The zero-order chi connectivity index (χ0) is 27.6. The van der Waals surface area contributed by atoms with Crippen molar-refractivity contribution >= 4 is 40.4 Å². The van der Waals surface area contributed by atoms with Crippen LogP contribution in [0.25, 0.3) is 38.6 Å². The fourth-order valence-electron chi connectivity index (χ4n) is 5.84. The van der Waals surface area contributed by atoms with E-state index in [0.717, 1.165) is 18.3 Å². The van der Waals surface area contributed by atoms with E-state index in [2.05, 4.69) is 138 Å². The fraction of sp³-hybridized carbons (Fsp3) is 0.333. The van der Waals surface area contributed by atoms with E-state index in [1.54, 1.807) is 0 Å². The highest BCUT2D eigenvalue weighted by atomic mass is 16.5. The Morgan fingerprint density at radius 2 is 1.62 bits per heavy atom. The second kappa shape index (κ2) is 9.04. The molecule has 0 spiro atoms. The molecule has 1 aromatic heterocycles. The maximum Gasteiger partial charge on any atom is 0.330 e. The molecular formula is C36H37BNO. The molecule has 0 fully saturated rings. The number of nitrogens with zero attached hydrogens (tertiary/aromatic N) is 1. The van der Waals surface area contributed by atoms with Crippen LogP contribution in [0.1, 0.15) is 72.4 Å². The minimum atomic E-state index is -0.296.